The van der Waals surface area contributed by atoms with Gasteiger partial charge in [0.1, 0.15) is 5.60 Å². The Labute approximate surface area is 177 Å². The molecule has 0 unspecified atom stereocenters. The maximum absolute atomic E-state index is 12.1. The lowest BCUT2D eigenvalue weighted by Gasteiger charge is -2.39. The summed E-state index contributed by atoms with van der Waals surface area (Å²) >= 11 is 0. The molecule has 0 N–H and O–H groups in total. The standard InChI is InChI=1S/C20H37N3O4.C2H6/c1-5-14-26-18(24)16-21-8-6-17(7-9-21)15-22-10-12-23(13-11-22)19(25)27-20(2,3)4;1-2/h17H,5-16H2,1-4H3;1-2H3. The van der Waals surface area contributed by atoms with Gasteiger partial charge in [0.25, 0.3) is 0 Å². The van der Waals surface area contributed by atoms with Gasteiger partial charge in [-0.3, -0.25) is 14.6 Å². The molecule has 0 atom stereocenters. The number of carbonyl (C=O) groups excluding carboxylic acids is 2. The van der Waals surface area contributed by atoms with Crippen molar-refractivity contribution in [2.75, 3.05) is 59.0 Å². The zero-order chi connectivity index (χ0) is 21.9. The highest BCUT2D eigenvalue weighted by Gasteiger charge is 2.28. The quantitative estimate of drug-likeness (QED) is 0.623. The second-order valence-electron chi connectivity index (χ2n) is 8.71. The van der Waals surface area contributed by atoms with Gasteiger partial charge >= 0.3 is 12.1 Å². The predicted molar refractivity (Wildman–Crippen MR) is 116 cm³/mol. The van der Waals surface area contributed by atoms with E-state index in [1.807, 2.05) is 46.4 Å². The largest absolute Gasteiger partial charge is 0.465 e. The summed E-state index contributed by atoms with van der Waals surface area (Å²) < 4.78 is 10.6. The summed E-state index contributed by atoms with van der Waals surface area (Å²) in [6.45, 7) is 18.9. The number of hydrogen-bond acceptors (Lipinski definition) is 6. The SMILES string of the molecule is CC.CCCOC(=O)CN1CCC(CN2CCN(C(=O)OC(C)(C)C)CC2)CC1. The fourth-order valence-electron chi connectivity index (χ4n) is 3.58. The number of ether oxygens (including phenoxy) is 2. The minimum Gasteiger partial charge on any atom is -0.465 e. The van der Waals surface area contributed by atoms with Crippen LogP contribution in [0.25, 0.3) is 0 Å². The molecular weight excluding hydrogens is 370 g/mol. The zero-order valence-electron chi connectivity index (χ0n) is 19.5. The lowest BCUT2D eigenvalue weighted by Crippen LogP contribution is -2.51. The normalized spacial score (nSPS) is 19.3. The smallest absolute Gasteiger partial charge is 0.410 e. The van der Waals surface area contributed by atoms with Crippen molar-refractivity contribution in [3.63, 3.8) is 0 Å². The molecule has 7 heteroatoms. The molecule has 2 rings (SSSR count). The number of rotatable bonds is 6. The van der Waals surface area contributed by atoms with Crippen LogP contribution in [0.1, 0.15) is 60.8 Å². The summed E-state index contributed by atoms with van der Waals surface area (Å²) in [5.74, 6) is 0.564. The molecule has 2 saturated heterocycles. The Bertz CT molecular complexity index is 477. The number of nitrogens with zero attached hydrogens (tertiary/aromatic N) is 3. The fraction of sp³-hybridized carbons (Fsp3) is 0.909. The number of carbonyl (C=O) groups is 2. The van der Waals surface area contributed by atoms with Crippen LogP contribution in [0.4, 0.5) is 4.79 Å². The average Bonchev–Trinajstić information content (AvgIpc) is 2.69. The Morgan fingerprint density at radius 2 is 1.52 bits per heavy atom. The monoisotopic (exact) mass is 413 g/mol. The first kappa shape index (κ1) is 25.7. The van der Waals surface area contributed by atoms with Gasteiger partial charge in [0, 0.05) is 32.7 Å². The Morgan fingerprint density at radius 1 is 0.931 bits per heavy atom. The van der Waals surface area contributed by atoms with Crippen LogP contribution >= 0.6 is 0 Å². The van der Waals surface area contributed by atoms with E-state index in [1.54, 1.807) is 0 Å². The van der Waals surface area contributed by atoms with Gasteiger partial charge in [-0.25, -0.2) is 4.79 Å². The summed E-state index contributed by atoms with van der Waals surface area (Å²) in [6.07, 6.45) is 2.90. The van der Waals surface area contributed by atoms with E-state index in [4.69, 9.17) is 9.47 Å². The first-order valence-corrected chi connectivity index (χ1v) is 11.3. The Balaban J connectivity index is 0.00000204. The van der Waals surface area contributed by atoms with Crippen LogP contribution in [-0.4, -0.2) is 91.3 Å². The van der Waals surface area contributed by atoms with Crippen molar-refractivity contribution in [1.82, 2.24) is 14.7 Å². The molecular formula is C22H43N3O4. The summed E-state index contributed by atoms with van der Waals surface area (Å²) in [5.41, 5.74) is -0.439. The van der Waals surface area contributed by atoms with Gasteiger partial charge in [0.2, 0.25) is 0 Å². The number of amides is 1. The summed E-state index contributed by atoms with van der Waals surface area (Å²) in [6, 6.07) is 0. The minimum atomic E-state index is -0.439. The van der Waals surface area contributed by atoms with Crippen molar-refractivity contribution in [1.29, 1.82) is 0 Å². The van der Waals surface area contributed by atoms with E-state index in [2.05, 4.69) is 9.80 Å². The van der Waals surface area contributed by atoms with Crippen molar-refractivity contribution in [2.45, 2.75) is 66.4 Å². The van der Waals surface area contributed by atoms with Gasteiger partial charge < -0.3 is 14.4 Å². The molecule has 0 aromatic rings. The third-order valence-corrected chi connectivity index (χ3v) is 5.07. The minimum absolute atomic E-state index is 0.103. The van der Waals surface area contributed by atoms with E-state index < -0.39 is 5.60 Å². The molecule has 0 radical (unpaired) electrons. The first-order chi connectivity index (χ1) is 13.8. The third kappa shape index (κ3) is 10.3. The second-order valence-corrected chi connectivity index (χ2v) is 8.71. The maximum Gasteiger partial charge on any atom is 0.410 e. The number of hydrogen-bond donors (Lipinski definition) is 0. The zero-order valence-corrected chi connectivity index (χ0v) is 19.5. The maximum atomic E-state index is 12.1. The van der Waals surface area contributed by atoms with E-state index in [1.165, 1.54) is 0 Å². The van der Waals surface area contributed by atoms with E-state index in [-0.39, 0.29) is 12.1 Å². The number of esters is 1. The average molecular weight is 414 g/mol. The highest BCUT2D eigenvalue weighted by Crippen LogP contribution is 2.20. The van der Waals surface area contributed by atoms with E-state index in [0.29, 0.717) is 19.1 Å². The molecule has 0 aromatic carbocycles. The van der Waals surface area contributed by atoms with Crippen molar-refractivity contribution < 1.29 is 19.1 Å². The second kappa shape index (κ2) is 13.1. The fourth-order valence-corrected chi connectivity index (χ4v) is 3.58. The molecule has 1 amide bonds. The molecule has 7 nitrogen and oxygen atoms in total. The van der Waals surface area contributed by atoms with Crippen molar-refractivity contribution in [3.05, 3.63) is 0 Å². The lowest BCUT2D eigenvalue weighted by atomic mass is 9.96. The molecule has 29 heavy (non-hydrogen) atoms. The van der Waals surface area contributed by atoms with Gasteiger partial charge in [-0.2, -0.15) is 0 Å². The first-order valence-electron chi connectivity index (χ1n) is 11.3. The van der Waals surface area contributed by atoms with E-state index in [9.17, 15) is 9.59 Å². The van der Waals surface area contributed by atoms with Crippen LogP contribution in [0.5, 0.6) is 0 Å². The van der Waals surface area contributed by atoms with Crippen molar-refractivity contribution >= 4 is 12.1 Å². The molecule has 0 aliphatic carbocycles. The summed E-state index contributed by atoms with van der Waals surface area (Å²) in [5, 5.41) is 0. The highest BCUT2D eigenvalue weighted by molar-refractivity contribution is 5.71. The molecule has 2 aliphatic heterocycles. The van der Waals surface area contributed by atoms with Crippen LogP contribution in [-0.2, 0) is 14.3 Å². The van der Waals surface area contributed by atoms with Gasteiger partial charge in [-0.1, -0.05) is 20.8 Å². The van der Waals surface area contributed by atoms with Crippen molar-refractivity contribution in [3.8, 4) is 0 Å². The summed E-state index contributed by atoms with van der Waals surface area (Å²) in [7, 11) is 0. The van der Waals surface area contributed by atoms with Crippen LogP contribution in [0.3, 0.4) is 0 Å². The number of piperazine rings is 1. The molecule has 2 fully saturated rings. The predicted octanol–water partition coefficient (Wildman–Crippen LogP) is 3.23. The highest BCUT2D eigenvalue weighted by atomic mass is 16.6. The summed E-state index contributed by atoms with van der Waals surface area (Å²) in [4.78, 5) is 30.3. The Hall–Kier alpha value is -1.34. The van der Waals surface area contributed by atoms with Gasteiger partial charge in [0.15, 0.2) is 0 Å². The van der Waals surface area contributed by atoms with E-state index in [0.717, 1.165) is 65.1 Å². The Morgan fingerprint density at radius 3 is 2.03 bits per heavy atom. The molecule has 0 saturated carbocycles. The molecule has 2 aliphatic rings. The third-order valence-electron chi connectivity index (χ3n) is 5.07. The van der Waals surface area contributed by atoms with Crippen LogP contribution < -0.4 is 0 Å². The molecule has 170 valence electrons. The molecule has 2 heterocycles. The van der Waals surface area contributed by atoms with Crippen LogP contribution in [0.15, 0.2) is 0 Å². The molecule has 0 spiro atoms. The number of piperidine rings is 1. The number of likely N-dealkylation sites (tertiary alicyclic amines) is 1. The molecule has 0 aromatic heterocycles. The van der Waals surface area contributed by atoms with Gasteiger partial charge in [-0.05, 0) is 59.0 Å². The Kier molecular flexibility index (Phi) is 11.6. The van der Waals surface area contributed by atoms with E-state index >= 15 is 0 Å². The topological polar surface area (TPSA) is 62.3 Å². The van der Waals surface area contributed by atoms with Crippen LogP contribution in [0, 0.1) is 5.92 Å². The van der Waals surface area contributed by atoms with Crippen molar-refractivity contribution in [2.24, 2.45) is 5.92 Å². The molecule has 0 bridgehead atoms. The van der Waals surface area contributed by atoms with Gasteiger partial charge in [-0.15, -0.1) is 0 Å². The van der Waals surface area contributed by atoms with Gasteiger partial charge in [0.05, 0.1) is 13.2 Å². The lowest BCUT2D eigenvalue weighted by molar-refractivity contribution is -0.145. The van der Waals surface area contributed by atoms with Crippen LogP contribution in [0.2, 0.25) is 0 Å².